The molecule has 0 saturated carbocycles. The van der Waals surface area contributed by atoms with Gasteiger partial charge in [-0.2, -0.15) is 0 Å². The van der Waals surface area contributed by atoms with Gasteiger partial charge in [-0.05, 0) is 50.2 Å². The van der Waals surface area contributed by atoms with Crippen LogP contribution in [0.4, 0.5) is 5.69 Å². The minimum Gasteiger partial charge on any atom is -0.459 e. The number of anilines is 1. The van der Waals surface area contributed by atoms with Crippen LogP contribution >= 0.6 is 11.6 Å². The quantitative estimate of drug-likeness (QED) is 0.439. The lowest BCUT2D eigenvalue weighted by molar-refractivity contribution is -0.152. The maximum atomic E-state index is 12.4. The maximum absolute atomic E-state index is 12.4. The summed E-state index contributed by atoms with van der Waals surface area (Å²) in [5.41, 5.74) is 5.35. The monoisotopic (exact) mass is 501 g/mol. The van der Waals surface area contributed by atoms with Gasteiger partial charge in [0.15, 0.2) is 6.61 Å². The van der Waals surface area contributed by atoms with E-state index in [1.54, 1.807) is 50.2 Å². The molecule has 0 spiro atoms. The van der Waals surface area contributed by atoms with E-state index in [9.17, 15) is 24.0 Å². The van der Waals surface area contributed by atoms with Gasteiger partial charge in [0, 0.05) is 18.7 Å². The minimum absolute atomic E-state index is 0.0678. The number of nitrogens with one attached hydrogen (secondary N) is 2. The topological polar surface area (TPSA) is 131 Å². The predicted molar refractivity (Wildman–Crippen MR) is 125 cm³/mol. The molecule has 1 saturated heterocycles. The van der Waals surface area contributed by atoms with E-state index < -0.39 is 36.3 Å². The van der Waals surface area contributed by atoms with Crippen molar-refractivity contribution < 1.29 is 33.4 Å². The second-order valence-corrected chi connectivity index (χ2v) is 8.40. The Kier molecular flexibility index (Phi) is 8.43. The van der Waals surface area contributed by atoms with Crippen LogP contribution in [0.3, 0.4) is 0 Å². The lowest BCUT2D eigenvalue weighted by Gasteiger charge is -2.17. The molecule has 0 unspecified atom stereocenters. The highest BCUT2D eigenvalue weighted by Gasteiger charge is 2.36. The number of amides is 3. The Morgan fingerprint density at radius 2 is 1.74 bits per heavy atom. The van der Waals surface area contributed by atoms with Crippen LogP contribution in [-0.2, 0) is 23.9 Å². The van der Waals surface area contributed by atoms with Crippen LogP contribution in [-0.4, -0.2) is 48.9 Å². The molecule has 1 heterocycles. The van der Waals surface area contributed by atoms with E-state index in [1.807, 2.05) is 0 Å². The number of benzene rings is 2. The largest absolute Gasteiger partial charge is 0.459 e. The summed E-state index contributed by atoms with van der Waals surface area (Å²) in [6.07, 6.45) is -0.337. The fourth-order valence-electron chi connectivity index (χ4n) is 3.30. The number of ether oxygens (including phenoxy) is 2. The molecule has 0 aromatic heterocycles. The first kappa shape index (κ1) is 25.7. The summed E-state index contributed by atoms with van der Waals surface area (Å²) >= 11 is 5.92. The van der Waals surface area contributed by atoms with Crippen molar-refractivity contribution >= 4 is 46.9 Å². The molecule has 3 rings (SSSR count). The Balaban J connectivity index is 1.47. The summed E-state index contributed by atoms with van der Waals surface area (Å²) in [4.78, 5) is 62.2. The number of carbonyl (C=O) groups is 5. The number of hydrazine groups is 1. The zero-order valence-electron chi connectivity index (χ0n) is 19.1. The van der Waals surface area contributed by atoms with Gasteiger partial charge in [0.2, 0.25) is 5.91 Å². The van der Waals surface area contributed by atoms with Gasteiger partial charge in [0.05, 0.1) is 28.2 Å². The molecule has 11 heteroatoms. The first-order valence-electron chi connectivity index (χ1n) is 10.8. The van der Waals surface area contributed by atoms with E-state index in [2.05, 4.69) is 10.9 Å². The second kappa shape index (κ2) is 11.5. The van der Waals surface area contributed by atoms with Gasteiger partial charge in [0.25, 0.3) is 11.8 Å². The summed E-state index contributed by atoms with van der Waals surface area (Å²) < 4.78 is 10.1. The van der Waals surface area contributed by atoms with E-state index >= 15 is 0 Å². The second-order valence-electron chi connectivity index (χ2n) is 8.00. The van der Waals surface area contributed by atoms with E-state index in [1.165, 1.54) is 17.0 Å². The van der Waals surface area contributed by atoms with Crippen molar-refractivity contribution in [2.75, 3.05) is 18.1 Å². The zero-order chi connectivity index (χ0) is 25.5. The van der Waals surface area contributed by atoms with Gasteiger partial charge < -0.3 is 14.4 Å². The Bertz CT molecular complexity index is 1130. The third-order valence-electron chi connectivity index (χ3n) is 5.00. The first-order valence-corrected chi connectivity index (χ1v) is 11.1. The summed E-state index contributed by atoms with van der Waals surface area (Å²) in [6.45, 7) is 2.92. The van der Waals surface area contributed by atoms with Crippen LogP contribution in [0.25, 0.3) is 0 Å². The number of esters is 2. The van der Waals surface area contributed by atoms with Crippen LogP contribution in [0, 0.1) is 5.92 Å². The Labute approximate surface area is 206 Å². The number of hydrogen-bond acceptors (Lipinski definition) is 7. The van der Waals surface area contributed by atoms with Crippen molar-refractivity contribution in [3.8, 4) is 0 Å². The molecule has 0 aliphatic carbocycles. The van der Waals surface area contributed by atoms with Gasteiger partial charge in [-0.3, -0.25) is 30.0 Å². The molecule has 2 N–H and O–H groups in total. The predicted octanol–water partition coefficient (Wildman–Crippen LogP) is 2.26. The minimum atomic E-state index is -0.765. The van der Waals surface area contributed by atoms with E-state index in [0.717, 1.165) is 0 Å². The summed E-state index contributed by atoms with van der Waals surface area (Å²) in [5.74, 6) is -3.63. The molecule has 1 fully saturated rings. The summed E-state index contributed by atoms with van der Waals surface area (Å²) in [5, 5.41) is 0.214. The number of nitrogens with zero attached hydrogens (tertiary/aromatic N) is 1. The molecule has 35 heavy (non-hydrogen) atoms. The number of carbonyl (C=O) groups excluding carboxylic acids is 5. The summed E-state index contributed by atoms with van der Waals surface area (Å²) in [7, 11) is 0. The van der Waals surface area contributed by atoms with Gasteiger partial charge in [-0.15, -0.1) is 0 Å². The Hall–Kier alpha value is -3.92. The van der Waals surface area contributed by atoms with Crippen LogP contribution in [0.15, 0.2) is 48.5 Å². The average Bonchev–Trinajstić information content (AvgIpc) is 3.22. The van der Waals surface area contributed by atoms with Gasteiger partial charge in [0.1, 0.15) is 0 Å². The molecule has 1 aliphatic rings. The molecule has 0 bridgehead atoms. The van der Waals surface area contributed by atoms with Crippen LogP contribution in [0.1, 0.15) is 41.0 Å². The highest BCUT2D eigenvalue weighted by Crippen LogP contribution is 2.26. The lowest BCUT2D eigenvalue weighted by atomic mass is 10.1. The number of hydrogen-bond donors (Lipinski definition) is 2. The molecule has 2 aromatic rings. The number of rotatable bonds is 7. The molecule has 3 amide bonds. The van der Waals surface area contributed by atoms with Crippen molar-refractivity contribution in [1.29, 1.82) is 0 Å². The first-order chi connectivity index (χ1) is 16.7. The molecule has 2 aromatic carbocycles. The fraction of sp³-hybridized carbons (Fsp3) is 0.292. The fourth-order valence-corrected chi connectivity index (χ4v) is 3.53. The Morgan fingerprint density at radius 3 is 2.40 bits per heavy atom. The average molecular weight is 502 g/mol. The molecule has 184 valence electrons. The summed E-state index contributed by atoms with van der Waals surface area (Å²) in [6, 6.07) is 12.6. The number of halogens is 1. The third-order valence-corrected chi connectivity index (χ3v) is 5.32. The van der Waals surface area contributed by atoms with E-state index in [4.69, 9.17) is 21.1 Å². The molecule has 10 nitrogen and oxygen atoms in total. The van der Waals surface area contributed by atoms with Gasteiger partial charge in [-0.25, -0.2) is 4.79 Å². The van der Waals surface area contributed by atoms with Gasteiger partial charge in [-0.1, -0.05) is 23.7 Å². The van der Waals surface area contributed by atoms with E-state index in [-0.39, 0.29) is 35.6 Å². The van der Waals surface area contributed by atoms with Crippen molar-refractivity contribution in [2.24, 2.45) is 5.92 Å². The third kappa shape index (κ3) is 6.80. The standard InChI is InChI=1S/C24H24ClN3O7/c1-14(2)35-24(33)15-7-9-17(10-8-15)28-12-16(11-21(28)30)23(32)34-13-20(29)26-27-22(31)18-5-3-4-6-19(18)25/h3-10,14,16H,11-13H2,1-2H3,(H,26,29)(H,27,31)/t16-/m1/s1. The van der Waals surface area contributed by atoms with Crippen molar-refractivity contribution in [3.05, 3.63) is 64.7 Å². The van der Waals surface area contributed by atoms with Crippen molar-refractivity contribution in [1.82, 2.24) is 10.9 Å². The van der Waals surface area contributed by atoms with Crippen LogP contribution in [0.2, 0.25) is 5.02 Å². The smallest absolute Gasteiger partial charge is 0.338 e. The molecular weight excluding hydrogens is 478 g/mol. The van der Waals surface area contributed by atoms with Crippen molar-refractivity contribution in [3.63, 3.8) is 0 Å². The normalized spacial score (nSPS) is 15.0. The van der Waals surface area contributed by atoms with E-state index in [0.29, 0.717) is 11.3 Å². The molecule has 1 atom stereocenters. The SMILES string of the molecule is CC(C)OC(=O)c1ccc(N2C[C@H](C(=O)OCC(=O)NNC(=O)c3ccccc3Cl)CC2=O)cc1. The van der Waals surface area contributed by atoms with Crippen LogP contribution < -0.4 is 15.8 Å². The van der Waals surface area contributed by atoms with Crippen LogP contribution in [0.5, 0.6) is 0 Å². The molecule has 0 radical (unpaired) electrons. The lowest BCUT2D eigenvalue weighted by Crippen LogP contribution is -2.44. The highest BCUT2D eigenvalue weighted by atomic mass is 35.5. The zero-order valence-corrected chi connectivity index (χ0v) is 19.8. The Morgan fingerprint density at radius 1 is 1.06 bits per heavy atom. The maximum Gasteiger partial charge on any atom is 0.338 e. The molecular formula is C24H24ClN3O7. The molecule has 1 aliphatic heterocycles. The highest BCUT2D eigenvalue weighted by molar-refractivity contribution is 6.33. The van der Waals surface area contributed by atoms with Crippen molar-refractivity contribution in [2.45, 2.75) is 26.4 Å². The van der Waals surface area contributed by atoms with Gasteiger partial charge >= 0.3 is 11.9 Å².